The highest BCUT2D eigenvalue weighted by Gasteiger charge is 2.15. The molecule has 0 bridgehead atoms. The van der Waals surface area contributed by atoms with E-state index in [2.05, 4.69) is 15.3 Å². The molecule has 0 aliphatic rings. The fourth-order valence-electron chi connectivity index (χ4n) is 1.25. The Morgan fingerprint density at radius 1 is 1.47 bits per heavy atom. The third-order valence-corrected chi connectivity index (χ3v) is 2.78. The third-order valence-electron chi connectivity index (χ3n) is 2.51. The van der Waals surface area contributed by atoms with E-state index in [9.17, 15) is 4.79 Å². The molecule has 7 heteroatoms. The molecule has 1 unspecified atom stereocenters. The van der Waals surface area contributed by atoms with E-state index in [1.165, 1.54) is 6.20 Å². The lowest BCUT2D eigenvalue weighted by molar-refractivity contribution is 0.0943. The third kappa shape index (κ3) is 5.30. The number of nitrogens with two attached hydrogens (primary N) is 1. The van der Waals surface area contributed by atoms with E-state index < -0.39 is 0 Å². The molecule has 0 aromatic carbocycles. The van der Waals surface area contributed by atoms with Crippen molar-refractivity contribution in [3.63, 3.8) is 0 Å². The normalized spacial score (nSPS) is 11.9. The van der Waals surface area contributed by atoms with Crippen LogP contribution in [0.4, 0.5) is 0 Å². The first-order valence-electron chi connectivity index (χ1n) is 5.96. The van der Waals surface area contributed by atoms with Crippen LogP contribution in [-0.2, 0) is 0 Å². The summed E-state index contributed by atoms with van der Waals surface area (Å²) in [6.07, 6.45) is 1.46. The van der Waals surface area contributed by atoms with Gasteiger partial charge in [-0.25, -0.2) is 9.97 Å². The average Bonchev–Trinajstić information content (AvgIpc) is 2.35. The molecule has 0 radical (unpaired) electrons. The summed E-state index contributed by atoms with van der Waals surface area (Å²) < 4.78 is 0. The fourth-order valence-corrected chi connectivity index (χ4v) is 1.43. The zero-order chi connectivity index (χ0) is 13.7. The second-order valence-corrected chi connectivity index (χ2v) is 5.04. The molecule has 0 aliphatic carbocycles. The number of nitrogens with one attached hydrogen (secondary N) is 1. The van der Waals surface area contributed by atoms with Gasteiger partial charge in [-0.05, 0) is 12.5 Å². The summed E-state index contributed by atoms with van der Waals surface area (Å²) in [4.78, 5) is 20.2. The van der Waals surface area contributed by atoms with Crippen LogP contribution in [0.1, 0.15) is 43.0 Å². The van der Waals surface area contributed by atoms with Crippen LogP contribution in [0.2, 0.25) is 5.02 Å². The van der Waals surface area contributed by atoms with Gasteiger partial charge in [0.05, 0.1) is 11.2 Å². The van der Waals surface area contributed by atoms with Gasteiger partial charge in [0.25, 0.3) is 5.91 Å². The molecule has 0 saturated carbocycles. The number of carbonyl (C=O) groups excluding carboxylic acids is 1. The number of rotatable bonds is 5. The lowest BCUT2D eigenvalue weighted by Crippen LogP contribution is -2.32. The maximum absolute atomic E-state index is 11.9. The van der Waals surface area contributed by atoms with Crippen molar-refractivity contribution in [1.82, 2.24) is 15.3 Å². The van der Waals surface area contributed by atoms with Gasteiger partial charge >= 0.3 is 0 Å². The number of hydrogen-bond acceptors (Lipinski definition) is 4. The summed E-state index contributed by atoms with van der Waals surface area (Å²) in [5.41, 5.74) is 5.71. The Morgan fingerprint density at radius 3 is 2.63 bits per heavy atom. The van der Waals surface area contributed by atoms with Crippen LogP contribution < -0.4 is 11.1 Å². The molecule has 1 amide bonds. The average molecular weight is 307 g/mol. The van der Waals surface area contributed by atoms with Gasteiger partial charge in [0.15, 0.2) is 0 Å². The summed E-state index contributed by atoms with van der Waals surface area (Å²) in [5.74, 6) is 0.692. The van der Waals surface area contributed by atoms with E-state index in [4.69, 9.17) is 17.3 Å². The monoisotopic (exact) mass is 306 g/mol. The molecular formula is C12H20Cl2N4O. The number of hydrogen-bond donors (Lipinski definition) is 2. The van der Waals surface area contributed by atoms with Gasteiger partial charge in [0.1, 0.15) is 11.5 Å². The van der Waals surface area contributed by atoms with Crippen molar-refractivity contribution >= 4 is 29.9 Å². The van der Waals surface area contributed by atoms with E-state index in [1.54, 1.807) is 0 Å². The highest BCUT2D eigenvalue weighted by molar-refractivity contribution is 6.33. The second kappa shape index (κ2) is 8.30. The number of carbonyl (C=O) groups is 1. The molecule has 1 aromatic rings. The first kappa shape index (κ1) is 18.1. The predicted molar refractivity (Wildman–Crippen MR) is 78.9 cm³/mol. The smallest absolute Gasteiger partial charge is 0.271 e. The highest BCUT2D eigenvalue weighted by Crippen LogP contribution is 2.16. The number of nitrogens with zero attached hydrogens (tertiary/aromatic N) is 2. The molecule has 1 heterocycles. The van der Waals surface area contributed by atoms with Gasteiger partial charge < -0.3 is 11.1 Å². The van der Waals surface area contributed by atoms with Crippen LogP contribution in [0.25, 0.3) is 0 Å². The molecule has 1 atom stereocenters. The van der Waals surface area contributed by atoms with Crippen molar-refractivity contribution in [3.8, 4) is 0 Å². The summed E-state index contributed by atoms with van der Waals surface area (Å²) >= 11 is 5.93. The Morgan fingerprint density at radius 2 is 2.11 bits per heavy atom. The second-order valence-electron chi connectivity index (χ2n) is 4.63. The summed E-state index contributed by atoms with van der Waals surface area (Å²) in [6.45, 7) is 6.91. The van der Waals surface area contributed by atoms with Crippen molar-refractivity contribution in [2.45, 2.75) is 26.7 Å². The molecule has 1 aromatic heterocycles. The molecule has 0 aliphatic heterocycles. The van der Waals surface area contributed by atoms with Crippen molar-refractivity contribution in [1.29, 1.82) is 0 Å². The van der Waals surface area contributed by atoms with E-state index in [1.807, 2.05) is 20.8 Å². The Kier molecular flexibility index (Phi) is 7.90. The van der Waals surface area contributed by atoms with Crippen molar-refractivity contribution in [2.75, 3.05) is 13.1 Å². The van der Waals surface area contributed by atoms with Crippen molar-refractivity contribution in [2.24, 2.45) is 11.7 Å². The SMILES string of the molecule is CC(CN)CNC(=O)c1nc(C(C)C)ncc1Cl.Cl. The maximum atomic E-state index is 11.9. The standard InChI is InChI=1S/C12H19ClN4O.ClH/c1-7(2)11-15-6-9(13)10(17-11)12(18)16-5-8(3)4-14;/h6-8H,4-5,14H2,1-3H3,(H,16,18);1H. The summed E-state index contributed by atoms with van der Waals surface area (Å²) in [6, 6.07) is 0. The number of aromatic nitrogens is 2. The minimum Gasteiger partial charge on any atom is -0.350 e. The van der Waals surface area contributed by atoms with Crippen LogP contribution in [0.5, 0.6) is 0 Å². The Hall–Kier alpha value is -0.910. The fraction of sp³-hybridized carbons (Fsp3) is 0.583. The van der Waals surface area contributed by atoms with Gasteiger partial charge in [-0.3, -0.25) is 4.79 Å². The van der Waals surface area contributed by atoms with Crippen LogP contribution >= 0.6 is 24.0 Å². The molecule has 1 rings (SSSR count). The van der Waals surface area contributed by atoms with E-state index in [0.29, 0.717) is 18.9 Å². The molecule has 0 fully saturated rings. The zero-order valence-corrected chi connectivity index (χ0v) is 12.9. The molecular weight excluding hydrogens is 287 g/mol. The first-order chi connectivity index (χ1) is 8.45. The molecule has 19 heavy (non-hydrogen) atoms. The Balaban J connectivity index is 0.00000324. The number of amides is 1. The van der Waals surface area contributed by atoms with Crippen LogP contribution in [0.15, 0.2) is 6.20 Å². The predicted octanol–water partition coefficient (Wildman–Crippen LogP) is 2.00. The lowest BCUT2D eigenvalue weighted by Gasteiger charge is -2.11. The topological polar surface area (TPSA) is 80.9 Å². The lowest BCUT2D eigenvalue weighted by atomic mass is 10.2. The number of halogens is 2. The van der Waals surface area contributed by atoms with Crippen LogP contribution in [0.3, 0.4) is 0 Å². The van der Waals surface area contributed by atoms with Gasteiger partial charge in [-0.1, -0.05) is 32.4 Å². The van der Waals surface area contributed by atoms with Gasteiger partial charge in [-0.2, -0.15) is 0 Å². The van der Waals surface area contributed by atoms with Gasteiger partial charge in [0, 0.05) is 12.5 Å². The molecule has 0 spiro atoms. The zero-order valence-electron chi connectivity index (χ0n) is 11.3. The molecule has 3 N–H and O–H groups in total. The molecule has 5 nitrogen and oxygen atoms in total. The van der Waals surface area contributed by atoms with Crippen molar-refractivity contribution < 1.29 is 4.79 Å². The highest BCUT2D eigenvalue weighted by atomic mass is 35.5. The Labute approximate surface area is 124 Å². The minimum atomic E-state index is -0.287. The quantitative estimate of drug-likeness (QED) is 0.872. The molecule has 108 valence electrons. The van der Waals surface area contributed by atoms with E-state index >= 15 is 0 Å². The van der Waals surface area contributed by atoms with Crippen molar-refractivity contribution in [3.05, 3.63) is 22.7 Å². The largest absolute Gasteiger partial charge is 0.350 e. The first-order valence-corrected chi connectivity index (χ1v) is 6.34. The van der Waals surface area contributed by atoms with Gasteiger partial charge in [-0.15, -0.1) is 12.4 Å². The maximum Gasteiger partial charge on any atom is 0.271 e. The van der Waals surface area contributed by atoms with Gasteiger partial charge in [0.2, 0.25) is 0 Å². The van der Waals surface area contributed by atoms with E-state index in [0.717, 1.165) is 0 Å². The molecule has 0 saturated heterocycles. The summed E-state index contributed by atoms with van der Waals surface area (Å²) in [7, 11) is 0. The van der Waals surface area contributed by atoms with Crippen LogP contribution in [0, 0.1) is 5.92 Å². The minimum absolute atomic E-state index is 0. The van der Waals surface area contributed by atoms with E-state index in [-0.39, 0.29) is 40.9 Å². The Bertz CT molecular complexity index is 426. The van der Waals surface area contributed by atoms with Crippen LogP contribution in [-0.4, -0.2) is 29.0 Å². The summed E-state index contributed by atoms with van der Waals surface area (Å²) in [5, 5.41) is 3.02.